The zero-order chi connectivity index (χ0) is 28.8. The molecule has 2 amide bonds. The summed E-state index contributed by atoms with van der Waals surface area (Å²) >= 11 is 0. The summed E-state index contributed by atoms with van der Waals surface area (Å²) in [6, 6.07) is 17.5. The molecule has 2 heterocycles. The van der Waals surface area contributed by atoms with Gasteiger partial charge in [0.05, 0.1) is 7.11 Å². The number of H-pyrrole nitrogens is 1. The molecule has 0 aliphatic heterocycles. The number of amides is 2. The summed E-state index contributed by atoms with van der Waals surface area (Å²) in [5.74, 6) is 1.11. The Balaban J connectivity index is 1.79. The molecule has 40 heavy (non-hydrogen) atoms. The lowest BCUT2D eigenvalue weighted by Crippen LogP contribution is -2.39. The summed E-state index contributed by atoms with van der Waals surface area (Å²) in [5.41, 5.74) is 5.51. The molecule has 2 N–H and O–H groups in total. The lowest BCUT2D eigenvalue weighted by molar-refractivity contribution is 0.256. The highest BCUT2D eigenvalue weighted by molar-refractivity contribution is 6.03. The lowest BCUT2D eigenvalue weighted by atomic mass is 9.88. The van der Waals surface area contributed by atoms with Gasteiger partial charge in [0.1, 0.15) is 17.1 Å². The number of hydrogen-bond donors (Lipinski definition) is 2. The third kappa shape index (κ3) is 6.36. The van der Waals surface area contributed by atoms with E-state index in [-0.39, 0.29) is 23.4 Å². The molecule has 0 aliphatic rings. The minimum Gasteiger partial charge on any atom is -0.497 e. The largest absolute Gasteiger partial charge is 0.497 e. The molecule has 4 rings (SSSR count). The standard InChI is InChI=1S/C33H40N4O3/c1-7-8-9-16-37(29-20-24-13-11-15-34-31(24)36-32(29)38)33(39)35-30-27(21(2)3)18-25(19-28(30)22(4)5)23-12-10-14-26(17-23)40-6/h10-15,17-22H,7-9,16H2,1-6H3,(H,35,39)(H,34,36,38). The maximum Gasteiger partial charge on any atom is 0.326 e. The van der Waals surface area contributed by atoms with Gasteiger partial charge in [-0.2, -0.15) is 0 Å². The number of anilines is 2. The number of carbonyl (C=O) groups excluding carboxylic acids is 1. The van der Waals surface area contributed by atoms with Gasteiger partial charge in [0, 0.05) is 23.8 Å². The Hall–Kier alpha value is -4.13. The fourth-order valence-corrected chi connectivity index (χ4v) is 4.96. The molecular weight excluding hydrogens is 500 g/mol. The van der Waals surface area contributed by atoms with Crippen LogP contribution >= 0.6 is 0 Å². The first-order valence-electron chi connectivity index (χ1n) is 14.1. The smallest absolute Gasteiger partial charge is 0.326 e. The summed E-state index contributed by atoms with van der Waals surface area (Å²) in [6.45, 7) is 11.1. The van der Waals surface area contributed by atoms with E-state index in [1.807, 2.05) is 30.3 Å². The Bertz CT molecular complexity index is 1510. The van der Waals surface area contributed by atoms with Gasteiger partial charge in [-0.25, -0.2) is 9.78 Å². The topological polar surface area (TPSA) is 87.3 Å². The molecule has 0 atom stereocenters. The summed E-state index contributed by atoms with van der Waals surface area (Å²) in [5, 5.41) is 4.01. The molecule has 2 aromatic heterocycles. The van der Waals surface area contributed by atoms with Crippen molar-refractivity contribution in [3.05, 3.63) is 82.3 Å². The molecule has 2 aromatic carbocycles. The Morgan fingerprint density at radius 1 is 0.975 bits per heavy atom. The van der Waals surface area contributed by atoms with Crippen LogP contribution in [0.5, 0.6) is 5.75 Å². The fraction of sp³-hybridized carbons (Fsp3) is 0.364. The van der Waals surface area contributed by atoms with Crippen molar-refractivity contribution in [2.45, 2.75) is 65.7 Å². The van der Waals surface area contributed by atoms with Crippen LogP contribution in [-0.2, 0) is 0 Å². The van der Waals surface area contributed by atoms with E-state index in [9.17, 15) is 9.59 Å². The number of pyridine rings is 2. The molecule has 0 spiro atoms. The number of methoxy groups -OCH3 is 1. The number of unbranched alkanes of at least 4 members (excludes halogenated alkanes) is 2. The third-order valence-electron chi connectivity index (χ3n) is 7.20. The van der Waals surface area contributed by atoms with E-state index in [2.05, 4.69) is 68.1 Å². The Morgan fingerprint density at radius 2 is 1.70 bits per heavy atom. The Kier molecular flexibility index (Phi) is 9.25. The van der Waals surface area contributed by atoms with Crippen molar-refractivity contribution in [1.29, 1.82) is 0 Å². The van der Waals surface area contributed by atoms with E-state index in [1.165, 1.54) is 0 Å². The van der Waals surface area contributed by atoms with Crippen LogP contribution in [0.2, 0.25) is 0 Å². The molecule has 7 nitrogen and oxygen atoms in total. The molecule has 0 bridgehead atoms. The minimum atomic E-state index is -0.334. The van der Waals surface area contributed by atoms with Gasteiger partial charge < -0.3 is 15.0 Å². The molecular formula is C33H40N4O3. The number of urea groups is 1. The Labute approximate surface area is 236 Å². The maximum absolute atomic E-state index is 14.0. The SMILES string of the molecule is CCCCCN(C(=O)Nc1c(C(C)C)cc(-c2cccc(OC)c2)cc1C(C)C)c1cc2cccnc2[nH]c1=O. The summed E-state index contributed by atoms with van der Waals surface area (Å²) in [6.07, 6.45) is 4.39. The predicted molar refractivity (Wildman–Crippen MR) is 165 cm³/mol. The molecule has 7 heteroatoms. The van der Waals surface area contributed by atoms with Crippen LogP contribution < -0.4 is 20.5 Å². The van der Waals surface area contributed by atoms with Crippen molar-refractivity contribution in [3.63, 3.8) is 0 Å². The van der Waals surface area contributed by atoms with Crippen LogP contribution in [0.25, 0.3) is 22.2 Å². The Morgan fingerprint density at radius 3 is 2.35 bits per heavy atom. The quantitative estimate of drug-likeness (QED) is 0.199. The maximum atomic E-state index is 14.0. The monoisotopic (exact) mass is 540 g/mol. The van der Waals surface area contributed by atoms with Gasteiger partial charge in [0.2, 0.25) is 0 Å². The zero-order valence-corrected chi connectivity index (χ0v) is 24.4. The van der Waals surface area contributed by atoms with Crippen molar-refractivity contribution in [2.75, 3.05) is 23.9 Å². The summed E-state index contributed by atoms with van der Waals surface area (Å²) in [4.78, 5) is 35.8. The molecule has 0 aliphatic carbocycles. The summed E-state index contributed by atoms with van der Waals surface area (Å²) in [7, 11) is 1.67. The number of ether oxygens (including phenoxy) is 1. The second-order valence-corrected chi connectivity index (χ2v) is 10.8. The number of rotatable bonds is 10. The fourth-order valence-electron chi connectivity index (χ4n) is 4.96. The molecule has 4 aromatic rings. The third-order valence-corrected chi connectivity index (χ3v) is 7.20. The van der Waals surface area contributed by atoms with Crippen molar-refractivity contribution >= 4 is 28.4 Å². The molecule has 0 unspecified atom stereocenters. The number of carbonyl (C=O) groups is 1. The molecule has 0 radical (unpaired) electrons. The minimum absolute atomic E-state index is 0.155. The first-order chi connectivity index (χ1) is 19.2. The number of benzene rings is 2. The van der Waals surface area contributed by atoms with Crippen LogP contribution in [-0.4, -0.2) is 29.7 Å². The number of aromatic amines is 1. The number of nitrogens with one attached hydrogen (secondary N) is 2. The van der Waals surface area contributed by atoms with Crippen LogP contribution in [0.3, 0.4) is 0 Å². The first kappa shape index (κ1) is 28.9. The van der Waals surface area contributed by atoms with E-state index in [0.29, 0.717) is 17.9 Å². The average Bonchev–Trinajstić information content (AvgIpc) is 2.95. The van der Waals surface area contributed by atoms with E-state index < -0.39 is 0 Å². The predicted octanol–water partition coefficient (Wildman–Crippen LogP) is 8.07. The molecule has 0 saturated carbocycles. The number of nitrogens with zero attached hydrogens (tertiary/aromatic N) is 2. The van der Waals surface area contributed by atoms with Crippen molar-refractivity contribution in [3.8, 4) is 16.9 Å². The van der Waals surface area contributed by atoms with Crippen LogP contribution in [0, 0.1) is 0 Å². The lowest BCUT2D eigenvalue weighted by Gasteiger charge is -2.27. The van der Waals surface area contributed by atoms with Gasteiger partial charge in [-0.05, 0) is 83.0 Å². The number of hydrogen-bond acceptors (Lipinski definition) is 4. The second-order valence-electron chi connectivity index (χ2n) is 10.8. The highest BCUT2D eigenvalue weighted by atomic mass is 16.5. The normalized spacial score (nSPS) is 11.3. The van der Waals surface area contributed by atoms with Crippen molar-refractivity contribution in [2.24, 2.45) is 0 Å². The van der Waals surface area contributed by atoms with Crippen LogP contribution in [0.1, 0.15) is 76.8 Å². The molecule has 0 saturated heterocycles. The molecule has 0 fully saturated rings. The van der Waals surface area contributed by atoms with E-state index in [0.717, 1.165) is 58.3 Å². The van der Waals surface area contributed by atoms with Crippen LogP contribution in [0.15, 0.2) is 65.6 Å². The van der Waals surface area contributed by atoms with E-state index in [1.54, 1.807) is 24.3 Å². The summed E-state index contributed by atoms with van der Waals surface area (Å²) < 4.78 is 5.46. The van der Waals surface area contributed by atoms with Crippen LogP contribution in [0.4, 0.5) is 16.2 Å². The number of aromatic nitrogens is 2. The van der Waals surface area contributed by atoms with Gasteiger partial charge in [0.15, 0.2) is 0 Å². The van der Waals surface area contributed by atoms with E-state index in [4.69, 9.17) is 4.74 Å². The highest BCUT2D eigenvalue weighted by Crippen LogP contribution is 2.38. The molecule has 210 valence electrons. The zero-order valence-electron chi connectivity index (χ0n) is 24.4. The first-order valence-corrected chi connectivity index (χ1v) is 14.1. The van der Waals surface area contributed by atoms with Gasteiger partial charge in [-0.15, -0.1) is 0 Å². The van der Waals surface area contributed by atoms with Crippen molar-refractivity contribution in [1.82, 2.24) is 9.97 Å². The number of fused-ring (bicyclic) bond motifs is 1. The highest BCUT2D eigenvalue weighted by Gasteiger charge is 2.24. The second kappa shape index (κ2) is 12.8. The average molecular weight is 541 g/mol. The van der Waals surface area contributed by atoms with Gasteiger partial charge in [0.25, 0.3) is 5.56 Å². The van der Waals surface area contributed by atoms with Gasteiger partial charge >= 0.3 is 6.03 Å². The van der Waals surface area contributed by atoms with Gasteiger partial charge in [-0.1, -0.05) is 59.6 Å². The van der Waals surface area contributed by atoms with Crippen molar-refractivity contribution < 1.29 is 9.53 Å². The van der Waals surface area contributed by atoms with E-state index >= 15 is 0 Å². The van der Waals surface area contributed by atoms with Gasteiger partial charge in [-0.3, -0.25) is 9.69 Å².